The number of fused-ring (bicyclic) bond motifs is 2. The first kappa shape index (κ1) is 20.9. The molecule has 2 aliphatic rings. The van der Waals surface area contributed by atoms with Gasteiger partial charge < -0.3 is 10.2 Å². The van der Waals surface area contributed by atoms with Crippen molar-refractivity contribution < 1.29 is 9.31 Å². The maximum Gasteiger partial charge on any atom is 0.285 e. The van der Waals surface area contributed by atoms with Gasteiger partial charge in [0.25, 0.3) is 5.69 Å². The molecule has 5 rings (SSSR count). The number of hydrogen-bond donors (Lipinski definition) is 1. The Hall–Kier alpha value is -2.99. The second-order valence-corrected chi connectivity index (χ2v) is 9.00. The summed E-state index contributed by atoms with van der Waals surface area (Å²) in [6.07, 6.45) is 2.32. The summed E-state index contributed by atoms with van der Waals surface area (Å²) in [6.45, 7) is 1.87. The van der Waals surface area contributed by atoms with E-state index in [9.17, 15) is 14.5 Å². The third kappa shape index (κ3) is 3.52. The van der Waals surface area contributed by atoms with Crippen LogP contribution in [0.1, 0.15) is 12.0 Å². The highest BCUT2D eigenvalue weighted by molar-refractivity contribution is 6.42. The van der Waals surface area contributed by atoms with Crippen LogP contribution in [-0.4, -0.2) is 39.9 Å². The molecule has 1 aliphatic heterocycles. The fraction of sp³-hybridized carbons (Fsp3) is 0.273. The molecular weight excluding hydrogens is 456 g/mol. The summed E-state index contributed by atoms with van der Waals surface area (Å²) in [5.74, 6) is 6.29. The van der Waals surface area contributed by atoms with Crippen molar-refractivity contribution in [2.24, 2.45) is 11.3 Å². The van der Waals surface area contributed by atoms with Crippen LogP contribution in [0.15, 0.2) is 30.6 Å². The van der Waals surface area contributed by atoms with Crippen molar-refractivity contribution in [1.29, 1.82) is 0 Å². The van der Waals surface area contributed by atoms with E-state index in [0.29, 0.717) is 22.4 Å². The number of nitro groups is 1. The summed E-state index contributed by atoms with van der Waals surface area (Å²) in [5, 5.41) is 14.8. The number of nitrogens with zero attached hydrogens (tertiary/aromatic N) is 4. The molecule has 2 fully saturated rings. The first-order valence-corrected chi connectivity index (χ1v) is 10.6. The summed E-state index contributed by atoms with van der Waals surface area (Å²) in [7, 11) is 2.05. The van der Waals surface area contributed by atoms with Gasteiger partial charge in [0.05, 0.1) is 26.2 Å². The minimum absolute atomic E-state index is 0.0372. The zero-order valence-corrected chi connectivity index (χ0v) is 18.3. The van der Waals surface area contributed by atoms with E-state index < -0.39 is 10.7 Å². The topological polar surface area (TPSA) is 84.2 Å². The van der Waals surface area contributed by atoms with E-state index in [-0.39, 0.29) is 32.7 Å². The molecule has 32 heavy (non-hydrogen) atoms. The van der Waals surface area contributed by atoms with Crippen molar-refractivity contribution in [2.45, 2.75) is 6.42 Å². The largest absolute Gasteiger partial charge is 0.337 e. The molecule has 1 aromatic heterocycles. The molecule has 1 saturated heterocycles. The summed E-state index contributed by atoms with van der Waals surface area (Å²) in [4.78, 5) is 21.9. The molecule has 0 unspecified atom stereocenters. The normalized spacial score (nSPS) is 21.7. The molecule has 10 heteroatoms. The van der Waals surface area contributed by atoms with Crippen LogP contribution in [0, 0.1) is 39.1 Å². The van der Waals surface area contributed by atoms with Crippen molar-refractivity contribution >= 4 is 51.3 Å². The Labute approximate surface area is 192 Å². The lowest BCUT2D eigenvalue weighted by atomic mass is 10.0. The third-order valence-corrected chi connectivity index (χ3v) is 6.78. The van der Waals surface area contributed by atoms with Crippen LogP contribution in [0.3, 0.4) is 0 Å². The Kier molecular flexibility index (Phi) is 4.93. The quantitative estimate of drug-likeness (QED) is 0.249. The van der Waals surface area contributed by atoms with Gasteiger partial charge >= 0.3 is 0 Å². The lowest BCUT2D eigenvalue weighted by Crippen LogP contribution is -2.19. The van der Waals surface area contributed by atoms with Crippen LogP contribution >= 0.6 is 23.2 Å². The minimum Gasteiger partial charge on any atom is -0.337 e. The SMILES string of the molecule is CN1C[C@@H]2C[C@]2(C#Cc2cc3ncnc(Nc4ccc(Cl)c(Cl)c4F)c3cc2[N+](=O)[O-])C1. The first-order chi connectivity index (χ1) is 15.3. The molecular formula is C22H16Cl2FN5O2. The van der Waals surface area contributed by atoms with Crippen LogP contribution in [0.5, 0.6) is 0 Å². The van der Waals surface area contributed by atoms with Gasteiger partial charge in [-0.15, -0.1) is 0 Å². The zero-order valence-electron chi connectivity index (χ0n) is 16.8. The molecule has 7 nitrogen and oxygen atoms in total. The molecule has 2 aromatic carbocycles. The zero-order chi connectivity index (χ0) is 22.6. The van der Waals surface area contributed by atoms with Gasteiger partial charge in [-0.05, 0) is 37.6 Å². The van der Waals surface area contributed by atoms with Crippen molar-refractivity contribution in [1.82, 2.24) is 14.9 Å². The van der Waals surface area contributed by atoms with Crippen molar-refractivity contribution in [3.8, 4) is 11.8 Å². The predicted molar refractivity (Wildman–Crippen MR) is 121 cm³/mol. The van der Waals surface area contributed by atoms with E-state index in [2.05, 4.69) is 39.1 Å². The molecule has 162 valence electrons. The van der Waals surface area contributed by atoms with Gasteiger partial charge in [0, 0.05) is 30.0 Å². The number of rotatable bonds is 3. The van der Waals surface area contributed by atoms with E-state index in [1.807, 2.05) is 0 Å². The molecule has 1 N–H and O–H groups in total. The number of halogens is 3. The van der Waals surface area contributed by atoms with E-state index in [0.717, 1.165) is 19.5 Å². The molecule has 0 bridgehead atoms. The number of hydrogen-bond acceptors (Lipinski definition) is 6. The average molecular weight is 472 g/mol. The standard InChI is InChI=1S/C22H16Cl2FN5O2/c1-29-9-13-8-22(13,10-29)5-4-12-6-17-14(7-18(12)30(31)32)21(27-11-26-17)28-16-3-2-15(23)19(24)20(16)25/h2-3,6-7,11,13H,8-10H2,1H3,(H,26,27,28)/t13-,22+/m0/s1. The van der Waals surface area contributed by atoms with Crippen LogP contribution in [0.4, 0.5) is 21.6 Å². The molecule has 3 aromatic rings. The number of nitrogens with one attached hydrogen (secondary N) is 1. The third-order valence-electron chi connectivity index (χ3n) is 6.00. The highest BCUT2D eigenvalue weighted by Crippen LogP contribution is 2.57. The Balaban J connectivity index is 1.56. The van der Waals surface area contributed by atoms with Crippen LogP contribution < -0.4 is 5.32 Å². The van der Waals surface area contributed by atoms with Crippen molar-refractivity contribution in [3.63, 3.8) is 0 Å². The highest BCUT2D eigenvalue weighted by atomic mass is 35.5. The smallest absolute Gasteiger partial charge is 0.285 e. The molecule has 2 atom stereocenters. The predicted octanol–water partition coefficient (Wildman–Crippen LogP) is 5.03. The summed E-state index contributed by atoms with van der Waals surface area (Å²) in [5.41, 5.74) is 0.558. The van der Waals surface area contributed by atoms with Gasteiger partial charge in [-0.25, -0.2) is 14.4 Å². The molecule has 2 heterocycles. The Bertz CT molecular complexity index is 1360. The van der Waals surface area contributed by atoms with Gasteiger partial charge in [0.15, 0.2) is 5.82 Å². The minimum atomic E-state index is -0.748. The fourth-order valence-corrected chi connectivity index (χ4v) is 4.62. The van der Waals surface area contributed by atoms with Crippen LogP contribution in [-0.2, 0) is 0 Å². The van der Waals surface area contributed by atoms with E-state index >= 15 is 0 Å². The highest BCUT2D eigenvalue weighted by Gasteiger charge is 2.58. The number of likely N-dealkylation sites (tertiary alicyclic amines) is 1. The summed E-state index contributed by atoms with van der Waals surface area (Å²) >= 11 is 11.7. The second-order valence-electron chi connectivity index (χ2n) is 8.22. The Morgan fingerprint density at radius 3 is 2.88 bits per heavy atom. The number of anilines is 2. The Morgan fingerprint density at radius 1 is 1.34 bits per heavy atom. The molecule has 0 radical (unpaired) electrons. The van der Waals surface area contributed by atoms with Crippen molar-refractivity contribution in [3.05, 3.63) is 62.1 Å². The first-order valence-electron chi connectivity index (χ1n) is 9.83. The Morgan fingerprint density at radius 2 is 2.16 bits per heavy atom. The van der Waals surface area contributed by atoms with E-state index in [4.69, 9.17) is 23.2 Å². The molecule has 0 spiro atoms. The van der Waals surface area contributed by atoms with E-state index in [1.165, 1.54) is 24.5 Å². The number of piperidine rings is 1. The van der Waals surface area contributed by atoms with Gasteiger partial charge in [-0.3, -0.25) is 10.1 Å². The fourth-order valence-electron chi connectivity index (χ4n) is 4.31. The van der Waals surface area contributed by atoms with Crippen LogP contribution in [0.2, 0.25) is 10.0 Å². The number of nitro benzene ring substituents is 1. The van der Waals surface area contributed by atoms with Gasteiger partial charge in [0.2, 0.25) is 0 Å². The van der Waals surface area contributed by atoms with Crippen molar-refractivity contribution in [2.75, 3.05) is 25.5 Å². The van der Waals surface area contributed by atoms with Gasteiger partial charge in [0.1, 0.15) is 17.7 Å². The number of benzene rings is 2. The second kappa shape index (κ2) is 7.55. The van der Waals surface area contributed by atoms with Crippen LogP contribution in [0.25, 0.3) is 10.9 Å². The maximum absolute atomic E-state index is 14.5. The molecule has 0 amide bonds. The molecule has 1 aliphatic carbocycles. The molecule has 1 saturated carbocycles. The monoisotopic (exact) mass is 471 g/mol. The van der Waals surface area contributed by atoms with Gasteiger partial charge in [-0.1, -0.05) is 35.0 Å². The average Bonchev–Trinajstić information content (AvgIpc) is 3.32. The summed E-state index contributed by atoms with van der Waals surface area (Å²) in [6, 6.07) is 5.79. The van der Waals surface area contributed by atoms with E-state index in [1.54, 1.807) is 6.07 Å². The maximum atomic E-state index is 14.5. The lowest BCUT2D eigenvalue weighted by Gasteiger charge is -2.11. The lowest BCUT2D eigenvalue weighted by molar-refractivity contribution is -0.385. The number of aromatic nitrogens is 2. The van der Waals surface area contributed by atoms with Gasteiger partial charge in [-0.2, -0.15) is 0 Å². The summed E-state index contributed by atoms with van der Waals surface area (Å²) < 4.78 is 14.5.